The molecule has 1 amide bonds. The van der Waals surface area contributed by atoms with Crippen LogP contribution in [0.25, 0.3) is 21.9 Å². The summed E-state index contributed by atoms with van der Waals surface area (Å²) in [6.45, 7) is 1.53. The van der Waals surface area contributed by atoms with Gasteiger partial charge in [-0.2, -0.15) is 0 Å². The number of rotatable bonds is 4. The molecule has 0 saturated carbocycles. The van der Waals surface area contributed by atoms with Crippen molar-refractivity contribution < 1.29 is 9.21 Å². The lowest BCUT2D eigenvalue weighted by Crippen LogP contribution is -2.39. The van der Waals surface area contributed by atoms with Gasteiger partial charge in [-0.3, -0.25) is 4.79 Å². The number of carbonyl (C=O) groups excluding carboxylic acids is 1. The van der Waals surface area contributed by atoms with E-state index in [1.54, 1.807) is 11.8 Å². The molecular weight excluding hydrogens is 380 g/mol. The fourth-order valence-electron chi connectivity index (χ4n) is 3.93. The molecule has 2 heterocycles. The van der Waals surface area contributed by atoms with Gasteiger partial charge in [-0.25, -0.2) is 4.98 Å². The van der Waals surface area contributed by atoms with Gasteiger partial charge in [0.1, 0.15) is 5.52 Å². The summed E-state index contributed by atoms with van der Waals surface area (Å²) in [7, 11) is 0. The molecule has 0 atom stereocenters. The number of piperidine rings is 1. The number of hydrogen-bond donors (Lipinski definition) is 0. The molecule has 1 aromatic heterocycles. The summed E-state index contributed by atoms with van der Waals surface area (Å²) < 4.78 is 5.93. The van der Waals surface area contributed by atoms with Crippen molar-refractivity contribution in [2.24, 2.45) is 0 Å². The zero-order valence-electron chi connectivity index (χ0n) is 16.1. The molecule has 0 aliphatic carbocycles. The summed E-state index contributed by atoms with van der Waals surface area (Å²) in [5.41, 5.74) is 1.75. The maximum Gasteiger partial charge on any atom is 0.232 e. The molecule has 1 saturated heterocycles. The third-order valence-electron chi connectivity index (χ3n) is 5.59. The van der Waals surface area contributed by atoms with Gasteiger partial charge in [0.2, 0.25) is 5.91 Å². The highest BCUT2D eigenvalue weighted by atomic mass is 32.2. The van der Waals surface area contributed by atoms with E-state index in [0.717, 1.165) is 47.8 Å². The van der Waals surface area contributed by atoms with Crippen molar-refractivity contribution in [3.63, 3.8) is 0 Å². The molecule has 146 valence electrons. The van der Waals surface area contributed by atoms with Gasteiger partial charge in [-0.05, 0) is 47.9 Å². The number of carbonyl (C=O) groups is 1. The molecule has 5 rings (SSSR count). The monoisotopic (exact) mass is 402 g/mol. The number of fused-ring (bicyclic) bond motifs is 2. The molecule has 29 heavy (non-hydrogen) atoms. The van der Waals surface area contributed by atoms with E-state index in [1.807, 2.05) is 41.3 Å². The minimum atomic E-state index is 0.208. The smallest absolute Gasteiger partial charge is 0.232 e. The Bertz CT molecular complexity index is 1130. The Kier molecular flexibility index (Phi) is 4.98. The van der Waals surface area contributed by atoms with Crippen LogP contribution >= 0.6 is 11.8 Å². The Morgan fingerprint density at radius 1 is 1.00 bits per heavy atom. The topological polar surface area (TPSA) is 46.3 Å². The number of amides is 1. The number of hydrogen-bond acceptors (Lipinski definition) is 4. The molecule has 1 fully saturated rings. The maximum atomic E-state index is 12.7. The van der Waals surface area contributed by atoms with Crippen molar-refractivity contribution in [1.29, 1.82) is 0 Å². The fraction of sp³-hybridized carbons (Fsp3) is 0.250. The van der Waals surface area contributed by atoms with Crippen LogP contribution in [0.1, 0.15) is 24.7 Å². The van der Waals surface area contributed by atoms with Crippen molar-refractivity contribution in [2.45, 2.75) is 23.7 Å². The van der Waals surface area contributed by atoms with Crippen LogP contribution in [0, 0.1) is 0 Å². The Balaban J connectivity index is 1.17. The average molecular weight is 403 g/mol. The van der Waals surface area contributed by atoms with E-state index < -0.39 is 0 Å². The lowest BCUT2D eigenvalue weighted by atomic mass is 9.97. The van der Waals surface area contributed by atoms with E-state index in [4.69, 9.17) is 4.42 Å². The summed E-state index contributed by atoms with van der Waals surface area (Å²) in [4.78, 5) is 20.4. The Labute approximate surface area is 173 Å². The molecule has 0 unspecified atom stereocenters. The highest BCUT2D eigenvalue weighted by molar-refractivity contribution is 8.00. The summed E-state index contributed by atoms with van der Waals surface area (Å²) in [6.07, 6.45) is 1.80. The number of nitrogens with zero attached hydrogens (tertiary/aromatic N) is 2. The molecule has 1 aliphatic heterocycles. The van der Waals surface area contributed by atoms with Gasteiger partial charge in [0.05, 0.1) is 5.75 Å². The van der Waals surface area contributed by atoms with E-state index in [1.165, 1.54) is 10.8 Å². The average Bonchev–Trinajstić information content (AvgIpc) is 3.22. The first kappa shape index (κ1) is 18.3. The molecule has 3 aromatic carbocycles. The highest BCUT2D eigenvalue weighted by Gasteiger charge is 2.27. The van der Waals surface area contributed by atoms with Crippen LogP contribution in [0.15, 0.2) is 76.0 Å². The molecule has 1 aliphatic rings. The zero-order valence-corrected chi connectivity index (χ0v) is 16.9. The minimum absolute atomic E-state index is 0.208. The number of aromatic nitrogens is 1. The minimum Gasteiger partial charge on any atom is -0.440 e. The van der Waals surface area contributed by atoms with Gasteiger partial charge in [0, 0.05) is 23.9 Å². The Morgan fingerprint density at radius 2 is 1.76 bits per heavy atom. The predicted octanol–water partition coefficient (Wildman–Crippen LogP) is 5.48. The van der Waals surface area contributed by atoms with E-state index >= 15 is 0 Å². The second kappa shape index (κ2) is 7.91. The first-order valence-electron chi connectivity index (χ1n) is 10.0. The second-order valence-corrected chi connectivity index (χ2v) is 8.52. The third-order valence-corrected chi connectivity index (χ3v) is 6.57. The Hall–Kier alpha value is -2.79. The molecule has 0 spiro atoms. The van der Waals surface area contributed by atoms with Gasteiger partial charge in [0.25, 0.3) is 0 Å². The number of oxazole rings is 1. The van der Waals surface area contributed by atoms with E-state index in [-0.39, 0.29) is 5.91 Å². The normalized spacial score (nSPS) is 15.2. The lowest BCUT2D eigenvalue weighted by Gasteiger charge is -2.30. The van der Waals surface area contributed by atoms with Crippen LogP contribution < -0.4 is 0 Å². The van der Waals surface area contributed by atoms with E-state index in [0.29, 0.717) is 11.7 Å². The van der Waals surface area contributed by atoms with Crippen LogP contribution in [0.2, 0.25) is 0 Å². The van der Waals surface area contributed by atoms with Crippen molar-refractivity contribution in [3.05, 3.63) is 72.6 Å². The molecule has 4 aromatic rings. The maximum absolute atomic E-state index is 12.7. The van der Waals surface area contributed by atoms with Crippen molar-refractivity contribution >= 4 is 39.5 Å². The quantitative estimate of drug-likeness (QED) is 0.424. The van der Waals surface area contributed by atoms with Gasteiger partial charge in [0.15, 0.2) is 11.5 Å². The number of likely N-dealkylation sites (tertiary alicyclic amines) is 1. The molecule has 0 N–H and O–H groups in total. The first-order valence-corrected chi connectivity index (χ1v) is 11.0. The van der Waals surface area contributed by atoms with Crippen LogP contribution in [0.4, 0.5) is 0 Å². The Morgan fingerprint density at radius 3 is 2.59 bits per heavy atom. The SMILES string of the molecule is O=C(CSc1ccc2ccccc2c1)N1CCC(c2nc3ccccc3o2)CC1. The molecule has 4 nitrogen and oxygen atoms in total. The highest BCUT2D eigenvalue weighted by Crippen LogP contribution is 2.30. The zero-order chi connectivity index (χ0) is 19.6. The summed E-state index contributed by atoms with van der Waals surface area (Å²) >= 11 is 1.62. The largest absolute Gasteiger partial charge is 0.440 e. The first-order chi connectivity index (χ1) is 14.3. The van der Waals surface area contributed by atoms with Gasteiger partial charge < -0.3 is 9.32 Å². The van der Waals surface area contributed by atoms with Crippen molar-refractivity contribution in [2.75, 3.05) is 18.8 Å². The molecule has 0 radical (unpaired) electrons. The summed E-state index contributed by atoms with van der Waals surface area (Å²) in [5, 5.41) is 2.44. The van der Waals surface area contributed by atoms with Crippen LogP contribution in [0.5, 0.6) is 0 Å². The third kappa shape index (κ3) is 3.87. The molecule has 0 bridgehead atoms. The van der Waals surface area contributed by atoms with Crippen molar-refractivity contribution in [3.8, 4) is 0 Å². The van der Waals surface area contributed by atoms with Gasteiger partial charge in [-0.15, -0.1) is 11.8 Å². The van der Waals surface area contributed by atoms with Crippen LogP contribution in [-0.2, 0) is 4.79 Å². The van der Waals surface area contributed by atoms with Crippen LogP contribution in [0.3, 0.4) is 0 Å². The van der Waals surface area contributed by atoms with Crippen molar-refractivity contribution in [1.82, 2.24) is 9.88 Å². The second-order valence-electron chi connectivity index (χ2n) is 7.47. The standard InChI is InChI=1S/C24H22N2O2S/c27-23(16-29-20-10-9-17-5-1-2-6-19(17)15-20)26-13-11-18(12-14-26)24-25-21-7-3-4-8-22(21)28-24/h1-10,15,18H,11-14,16H2. The van der Waals surface area contributed by atoms with Gasteiger partial charge >= 0.3 is 0 Å². The number of para-hydroxylation sites is 2. The van der Waals surface area contributed by atoms with E-state index in [9.17, 15) is 4.79 Å². The van der Waals surface area contributed by atoms with Crippen LogP contribution in [-0.4, -0.2) is 34.6 Å². The lowest BCUT2D eigenvalue weighted by molar-refractivity contribution is -0.129. The summed E-state index contributed by atoms with van der Waals surface area (Å²) in [5.74, 6) is 1.79. The molecular formula is C24H22N2O2S. The predicted molar refractivity (Wildman–Crippen MR) is 117 cm³/mol. The number of thioether (sulfide) groups is 1. The van der Waals surface area contributed by atoms with Gasteiger partial charge in [-0.1, -0.05) is 42.5 Å². The number of benzene rings is 3. The van der Waals surface area contributed by atoms with E-state index in [2.05, 4.69) is 35.3 Å². The fourth-order valence-corrected chi connectivity index (χ4v) is 4.78. The molecule has 5 heteroatoms. The summed E-state index contributed by atoms with van der Waals surface area (Å²) in [6, 6.07) is 22.6.